The van der Waals surface area contributed by atoms with E-state index in [1.807, 2.05) is 0 Å². The van der Waals surface area contributed by atoms with E-state index in [2.05, 4.69) is 6.58 Å². The highest BCUT2D eigenvalue weighted by molar-refractivity contribution is 6.40. The Morgan fingerprint density at radius 2 is 1.81 bits per heavy atom. The van der Waals surface area contributed by atoms with Crippen molar-refractivity contribution in [2.45, 2.75) is 13.3 Å². The standard InChI is InChI=1S/C11H9Cl3O2/c1-3-6(2)11(15)16-10-8(13)4-7(12)5-9(10)14/h4-5H,2-3H2,1H3. The highest BCUT2D eigenvalue weighted by atomic mass is 35.5. The molecule has 0 saturated carbocycles. The van der Waals surface area contributed by atoms with Crippen LogP contribution in [0.4, 0.5) is 0 Å². The third kappa shape index (κ3) is 3.14. The maximum absolute atomic E-state index is 11.5. The van der Waals surface area contributed by atoms with E-state index in [1.165, 1.54) is 12.1 Å². The Hall–Kier alpha value is -0.700. The lowest BCUT2D eigenvalue weighted by atomic mass is 10.2. The van der Waals surface area contributed by atoms with Crippen molar-refractivity contribution in [3.05, 3.63) is 39.4 Å². The molecule has 0 spiro atoms. The van der Waals surface area contributed by atoms with E-state index in [9.17, 15) is 4.79 Å². The van der Waals surface area contributed by atoms with Crippen LogP contribution in [0.25, 0.3) is 0 Å². The summed E-state index contributed by atoms with van der Waals surface area (Å²) in [5.41, 5.74) is 0.349. The average molecular weight is 280 g/mol. The van der Waals surface area contributed by atoms with Crippen LogP contribution in [-0.4, -0.2) is 5.97 Å². The van der Waals surface area contributed by atoms with E-state index in [-0.39, 0.29) is 15.8 Å². The lowest BCUT2D eigenvalue weighted by Gasteiger charge is -2.09. The lowest BCUT2D eigenvalue weighted by Crippen LogP contribution is -2.10. The summed E-state index contributed by atoms with van der Waals surface area (Å²) in [6, 6.07) is 2.90. The molecule has 0 bridgehead atoms. The van der Waals surface area contributed by atoms with Gasteiger partial charge in [-0.05, 0) is 18.6 Å². The van der Waals surface area contributed by atoms with Crippen LogP contribution < -0.4 is 4.74 Å². The van der Waals surface area contributed by atoms with Crippen molar-refractivity contribution in [2.24, 2.45) is 0 Å². The molecule has 5 heteroatoms. The number of hydrogen-bond acceptors (Lipinski definition) is 2. The van der Waals surface area contributed by atoms with Crippen molar-refractivity contribution in [3.63, 3.8) is 0 Å². The highest BCUT2D eigenvalue weighted by Gasteiger charge is 2.14. The first-order valence-corrected chi connectivity index (χ1v) is 5.63. The monoisotopic (exact) mass is 278 g/mol. The Bertz CT molecular complexity index is 418. The molecular formula is C11H9Cl3O2. The normalized spacial score (nSPS) is 10.0. The molecule has 0 fully saturated rings. The first kappa shape index (κ1) is 13.4. The molecule has 0 aliphatic heterocycles. The molecule has 1 aromatic rings. The number of ether oxygens (including phenoxy) is 1. The summed E-state index contributed by atoms with van der Waals surface area (Å²) >= 11 is 17.4. The summed E-state index contributed by atoms with van der Waals surface area (Å²) in [6.45, 7) is 5.36. The summed E-state index contributed by atoms with van der Waals surface area (Å²) in [6.07, 6.45) is 0.502. The molecule has 1 aromatic carbocycles. The summed E-state index contributed by atoms with van der Waals surface area (Å²) in [5.74, 6) is -0.444. The van der Waals surface area contributed by atoms with Gasteiger partial charge < -0.3 is 4.74 Å². The highest BCUT2D eigenvalue weighted by Crippen LogP contribution is 2.36. The van der Waals surface area contributed by atoms with E-state index in [0.29, 0.717) is 17.0 Å². The van der Waals surface area contributed by atoms with Crippen LogP contribution in [0.5, 0.6) is 5.75 Å². The largest absolute Gasteiger partial charge is 0.420 e. The molecule has 0 aliphatic rings. The van der Waals surface area contributed by atoms with Crippen molar-refractivity contribution < 1.29 is 9.53 Å². The van der Waals surface area contributed by atoms with E-state index in [4.69, 9.17) is 39.5 Å². The van der Waals surface area contributed by atoms with E-state index < -0.39 is 5.97 Å². The maximum Gasteiger partial charge on any atom is 0.338 e. The van der Waals surface area contributed by atoms with Gasteiger partial charge in [0.25, 0.3) is 0 Å². The minimum absolute atomic E-state index is 0.104. The molecule has 0 atom stereocenters. The Balaban J connectivity index is 2.98. The van der Waals surface area contributed by atoms with Gasteiger partial charge >= 0.3 is 5.97 Å². The Morgan fingerprint density at radius 3 is 2.25 bits per heavy atom. The molecular weight excluding hydrogens is 270 g/mol. The fourth-order valence-corrected chi connectivity index (χ4v) is 1.83. The summed E-state index contributed by atoms with van der Waals surface area (Å²) in [4.78, 5) is 11.5. The van der Waals surface area contributed by atoms with Crippen LogP contribution in [0.1, 0.15) is 13.3 Å². The van der Waals surface area contributed by atoms with Gasteiger partial charge in [-0.1, -0.05) is 48.3 Å². The van der Waals surface area contributed by atoms with Crippen molar-refractivity contribution >= 4 is 40.8 Å². The molecule has 0 heterocycles. The number of carbonyl (C=O) groups excluding carboxylic acids is 1. The fraction of sp³-hybridized carbons (Fsp3) is 0.182. The SMILES string of the molecule is C=C(CC)C(=O)Oc1c(Cl)cc(Cl)cc1Cl. The van der Waals surface area contributed by atoms with Crippen LogP contribution >= 0.6 is 34.8 Å². The van der Waals surface area contributed by atoms with E-state index in [0.717, 1.165) is 0 Å². The van der Waals surface area contributed by atoms with E-state index >= 15 is 0 Å². The molecule has 86 valence electrons. The smallest absolute Gasteiger partial charge is 0.338 e. The van der Waals surface area contributed by atoms with Gasteiger partial charge in [0, 0.05) is 10.6 Å². The van der Waals surface area contributed by atoms with Gasteiger partial charge in [-0.15, -0.1) is 0 Å². The van der Waals surface area contributed by atoms with Gasteiger partial charge in [-0.25, -0.2) is 4.79 Å². The second kappa shape index (κ2) is 5.58. The topological polar surface area (TPSA) is 26.3 Å². The van der Waals surface area contributed by atoms with Crippen LogP contribution in [0.3, 0.4) is 0 Å². The zero-order valence-electron chi connectivity index (χ0n) is 8.52. The van der Waals surface area contributed by atoms with Gasteiger partial charge in [0.15, 0.2) is 5.75 Å². The molecule has 16 heavy (non-hydrogen) atoms. The average Bonchev–Trinajstić information content (AvgIpc) is 2.21. The van der Waals surface area contributed by atoms with Gasteiger partial charge in [-0.3, -0.25) is 0 Å². The molecule has 0 radical (unpaired) electrons. The summed E-state index contributed by atoms with van der Waals surface area (Å²) in [5, 5.41) is 0.758. The zero-order chi connectivity index (χ0) is 12.3. The minimum Gasteiger partial charge on any atom is -0.420 e. The van der Waals surface area contributed by atoms with Crippen molar-refractivity contribution in [1.29, 1.82) is 0 Å². The van der Waals surface area contributed by atoms with Gasteiger partial charge in [0.2, 0.25) is 0 Å². The second-order valence-electron chi connectivity index (χ2n) is 3.05. The third-order valence-electron chi connectivity index (χ3n) is 1.87. The number of rotatable bonds is 3. The van der Waals surface area contributed by atoms with Crippen molar-refractivity contribution in [3.8, 4) is 5.75 Å². The fourth-order valence-electron chi connectivity index (χ4n) is 0.936. The lowest BCUT2D eigenvalue weighted by molar-refractivity contribution is -0.130. The molecule has 1 rings (SSSR count). The minimum atomic E-state index is -0.548. The van der Waals surface area contributed by atoms with Crippen LogP contribution in [0.15, 0.2) is 24.3 Å². The van der Waals surface area contributed by atoms with Gasteiger partial charge in [-0.2, -0.15) is 0 Å². The van der Waals surface area contributed by atoms with Crippen LogP contribution in [0, 0.1) is 0 Å². The second-order valence-corrected chi connectivity index (χ2v) is 4.30. The number of esters is 1. The molecule has 0 unspecified atom stereocenters. The molecule has 0 N–H and O–H groups in total. The Morgan fingerprint density at radius 1 is 1.31 bits per heavy atom. The first-order valence-electron chi connectivity index (χ1n) is 4.50. The van der Waals surface area contributed by atoms with Crippen molar-refractivity contribution in [2.75, 3.05) is 0 Å². The zero-order valence-corrected chi connectivity index (χ0v) is 10.8. The quantitative estimate of drug-likeness (QED) is 0.462. The molecule has 0 amide bonds. The van der Waals surface area contributed by atoms with Crippen LogP contribution in [-0.2, 0) is 4.79 Å². The number of halogens is 3. The van der Waals surface area contributed by atoms with E-state index in [1.54, 1.807) is 6.92 Å². The molecule has 0 aliphatic carbocycles. The first-order chi connectivity index (χ1) is 7.45. The number of benzene rings is 1. The summed E-state index contributed by atoms with van der Waals surface area (Å²) in [7, 11) is 0. The van der Waals surface area contributed by atoms with Crippen LogP contribution in [0.2, 0.25) is 15.1 Å². The summed E-state index contributed by atoms with van der Waals surface area (Å²) < 4.78 is 5.02. The molecule has 0 aromatic heterocycles. The Kier molecular flexibility index (Phi) is 4.66. The Labute approximate surface area is 109 Å². The van der Waals surface area contributed by atoms with Crippen molar-refractivity contribution in [1.82, 2.24) is 0 Å². The van der Waals surface area contributed by atoms with Gasteiger partial charge in [0.05, 0.1) is 10.0 Å². The predicted molar refractivity (Wildman–Crippen MR) is 66.5 cm³/mol. The number of hydrogen-bond donors (Lipinski definition) is 0. The third-order valence-corrected chi connectivity index (χ3v) is 2.65. The molecule has 0 saturated heterocycles. The predicted octanol–water partition coefficient (Wildman–Crippen LogP) is 4.52. The van der Waals surface area contributed by atoms with Gasteiger partial charge in [0.1, 0.15) is 0 Å². The number of carbonyl (C=O) groups is 1. The maximum atomic E-state index is 11.5. The molecule has 2 nitrogen and oxygen atoms in total.